The van der Waals surface area contributed by atoms with E-state index in [4.69, 9.17) is 29.4 Å². The maximum atomic E-state index is 14.7. The molecule has 0 radical (unpaired) electrons. The first kappa shape index (κ1) is 44.3. The lowest BCUT2D eigenvalue weighted by Crippen LogP contribution is -2.61. The number of nitrogens with zero attached hydrogens (tertiary/aromatic N) is 4. The molecule has 3 aliphatic rings. The Morgan fingerprint density at radius 1 is 1.02 bits per heavy atom. The van der Waals surface area contributed by atoms with E-state index in [1.54, 1.807) is 58.2 Å². The first-order valence-electron chi connectivity index (χ1n) is 20.4. The summed E-state index contributed by atoms with van der Waals surface area (Å²) in [6.45, 7) is 16.6. The summed E-state index contributed by atoms with van der Waals surface area (Å²) < 4.78 is 32.9. The zero-order chi connectivity index (χ0) is 42.0. The van der Waals surface area contributed by atoms with Crippen LogP contribution in [-0.2, 0) is 44.6 Å². The maximum absolute atomic E-state index is 14.7. The summed E-state index contributed by atoms with van der Waals surface area (Å²) in [7, 11) is 1.47. The van der Waals surface area contributed by atoms with Crippen molar-refractivity contribution in [2.45, 2.75) is 149 Å². The molecule has 0 aromatic carbocycles. The predicted molar refractivity (Wildman–Crippen MR) is 209 cm³/mol. The second-order valence-corrected chi connectivity index (χ2v) is 16.9. The van der Waals surface area contributed by atoms with Gasteiger partial charge in [0, 0.05) is 68.1 Å². The molecular formula is C42H63N5O10. The van der Waals surface area contributed by atoms with Gasteiger partial charge in [-0.3, -0.25) is 19.4 Å². The highest BCUT2D eigenvalue weighted by Crippen LogP contribution is 2.43. The minimum Gasteiger partial charge on any atom is -0.458 e. The maximum Gasteiger partial charge on any atom is 0.410 e. The lowest BCUT2D eigenvalue weighted by Gasteiger charge is -2.47. The van der Waals surface area contributed by atoms with Gasteiger partial charge in [0.15, 0.2) is 17.7 Å². The number of aliphatic hydroxyl groups excluding tert-OH is 1. The van der Waals surface area contributed by atoms with Crippen molar-refractivity contribution in [1.82, 2.24) is 19.4 Å². The number of fused-ring (bicyclic) bond motifs is 1. The third kappa shape index (κ3) is 8.97. The van der Waals surface area contributed by atoms with E-state index in [9.17, 15) is 24.3 Å². The van der Waals surface area contributed by atoms with E-state index in [0.29, 0.717) is 25.9 Å². The lowest BCUT2D eigenvalue weighted by molar-refractivity contribution is -0.297. The predicted octanol–water partition coefficient (Wildman–Crippen LogP) is 4.57. The summed E-state index contributed by atoms with van der Waals surface area (Å²) in [5.41, 5.74) is 5.39. The molecule has 3 fully saturated rings. The van der Waals surface area contributed by atoms with Crippen molar-refractivity contribution in [3.8, 4) is 11.3 Å². The molecule has 0 saturated carbocycles. The van der Waals surface area contributed by atoms with Crippen LogP contribution in [0.5, 0.6) is 0 Å². The number of nitrogens with two attached hydrogens (primary N) is 1. The number of imidazole rings is 1. The number of amides is 1. The van der Waals surface area contributed by atoms with Crippen LogP contribution in [0.15, 0.2) is 37.1 Å². The number of hydrogen-bond acceptors (Lipinski definition) is 13. The molecule has 1 amide bonds. The quantitative estimate of drug-likeness (QED) is 0.193. The molecule has 5 heterocycles. The normalized spacial score (nSPS) is 38.4. The number of carbonyl (C=O) groups is 4. The summed E-state index contributed by atoms with van der Waals surface area (Å²) >= 11 is 0. The lowest BCUT2D eigenvalue weighted by atomic mass is 9.73. The Hall–Kier alpha value is -3.76. The molecule has 15 heteroatoms. The molecule has 15 nitrogen and oxygen atoms in total. The Kier molecular flexibility index (Phi) is 14.0. The summed E-state index contributed by atoms with van der Waals surface area (Å²) in [4.78, 5) is 66.9. The highest BCUT2D eigenvalue weighted by molar-refractivity contribution is 6.00. The largest absolute Gasteiger partial charge is 0.458 e. The van der Waals surface area contributed by atoms with E-state index in [1.165, 1.54) is 14.0 Å². The first-order chi connectivity index (χ1) is 26.9. The second kappa shape index (κ2) is 18.0. The van der Waals surface area contributed by atoms with Gasteiger partial charge in [0.05, 0.1) is 35.9 Å². The van der Waals surface area contributed by atoms with Crippen molar-refractivity contribution in [2.75, 3.05) is 13.7 Å². The number of Topliss-reactive ketones (excluding diaryl/α,β-unsaturated/α-hetero) is 2. The van der Waals surface area contributed by atoms with Gasteiger partial charge in [0.25, 0.3) is 0 Å². The van der Waals surface area contributed by atoms with Crippen LogP contribution in [0.2, 0.25) is 0 Å². The highest BCUT2D eigenvalue weighted by atomic mass is 16.7. The number of hydrogen-bond donors (Lipinski definition) is 2. The van der Waals surface area contributed by atoms with Gasteiger partial charge in [-0.1, -0.05) is 34.6 Å². The van der Waals surface area contributed by atoms with Crippen LogP contribution in [0, 0.1) is 29.6 Å². The topological polar surface area (TPSA) is 195 Å². The molecule has 5 rings (SSSR count). The molecule has 2 aromatic rings. The Balaban J connectivity index is 1.43. The summed E-state index contributed by atoms with van der Waals surface area (Å²) in [6.07, 6.45) is 3.42. The second-order valence-electron chi connectivity index (χ2n) is 16.9. The molecular weight excluding hydrogens is 734 g/mol. The SMILES string of the molecule is CC[C@H]1OC(=O)[C@H](C)C(=O)[C@H](C)[C@@H](O[C@@H]2OC(C)[C@H](C)C(N)C2O)[C@](C)(OC)C[C@@H](C)C(=O)[C@H](C)[C@H]2N(CCCCn3cnc(-c4cccnc4)c3)C(=O)O[C@]12C. The van der Waals surface area contributed by atoms with E-state index in [0.717, 1.165) is 11.3 Å². The number of rotatable bonds is 10. The number of esters is 1. The number of ketones is 2. The molecule has 3 saturated heterocycles. The fourth-order valence-corrected chi connectivity index (χ4v) is 9.11. The minimum absolute atomic E-state index is 0.107. The molecule has 3 N–H and O–H groups in total. The standard InChI is InChI=1S/C42H63N5O10/c1-11-31-42(9)36(47(40(52)57-42)18-13-12-17-46-21-30(45-22-46)29-15-14-16-44-20-29)25(4)33(48)23(2)19-41(8,53-10)37(26(5)34(49)27(6)38(51)55-31)56-39-35(50)32(43)24(3)28(7)54-39/h14-16,20-28,31-32,35-37,39,50H,11-13,17-19,43H2,1-10H3/t23-,24+,25+,26+,27-,28?,31-,32?,35?,36-,37-,39+,41-,42-/m1/s1. The van der Waals surface area contributed by atoms with Crippen LogP contribution < -0.4 is 5.73 Å². The van der Waals surface area contributed by atoms with Gasteiger partial charge in [-0.05, 0) is 71.4 Å². The summed E-state index contributed by atoms with van der Waals surface area (Å²) in [6, 6.07) is 2.34. The van der Waals surface area contributed by atoms with Crippen LogP contribution in [0.1, 0.15) is 88.0 Å². The van der Waals surface area contributed by atoms with Crippen LogP contribution >= 0.6 is 0 Å². The van der Waals surface area contributed by atoms with Gasteiger partial charge in [-0.25, -0.2) is 9.78 Å². The van der Waals surface area contributed by atoms with E-state index in [2.05, 4.69) is 9.97 Å². The Labute approximate surface area is 336 Å². The van der Waals surface area contributed by atoms with Gasteiger partial charge < -0.3 is 44.0 Å². The summed E-state index contributed by atoms with van der Waals surface area (Å²) in [5.74, 6) is -5.25. The number of unbranched alkanes of at least 4 members (excludes halogenated alkanes) is 1. The van der Waals surface area contributed by atoms with Gasteiger partial charge in [0.2, 0.25) is 0 Å². The van der Waals surface area contributed by atoms with Gasteiger partial charge in [-0.2, -0.15) is 0 Å². The Morgan fingerprint density at radius 2 is 1.72 bits per heavy atom. The average molecular weight is 798 g/mol. The fraction of sp³-hybridized carbons (Fsp3) is 0.714. The average Bonchev–Trinajstić information content (AvgIpc) is 3.78. The van der Waals surface area contributed by atoms with Crippen molar-refractivity contribution in [2.24, 2.45) is 35.3 Å². The smallest absolute Gasteiger partial charge is 0.410 e. The molecule has 14 atom stereocenters. The molecule has 2 aromatic heterocycles. The third-order valence-corrected chi connectivity index (χ3v) is 12.9. The minimum atomic E-state index is -1.41. The number of aliphatic hydroxyl groups is 1. The first-order valence-corrected chi connectivity index (χ1v) is 20.4. The molecule has 0 aliphatic carbocycles. The molecule has 0 bridgehead atoms. The Bertz CT molecular complexity index is 1730. The van der Waals surface area contributed by atoms with E-state index in [1.807, 2.05) is 43.7 Å². The number of aromatic nitrogens is 3. The van der Waals surface area contributed by atoms with Crippen LogP contribution in [0.3, 0.4) is 0 Å². The van der Waals surface area contributed by atoms with Crippen molar-refractivity contribution < 1.29 is 48.0 Å². The van der Waals surface area contributed by atoms with Crippen molar-refractivity contribution >= 4 is 23.6 Å². The van der Waals surface area contributed by atoms with Crippen molar-refractivity contribution in [1.29, 1.82) is 0 Å². The molecule has 0 spiro atoms. The number of cyclic esters (lactones) is 1. The van der Waals surface area contributed by atoms with Crippen LogP contribution in [0.4, 0.5) is 4.79 Å². The molecule has 316 valence electrons. The van der Waals surface area contributed by atoms with E-state index in [-0.39, 0.29) is 30.6 Å². The van der Waals surface area contributed by atoms with Crippen molar-refractivity contribution in [3.63, 3.8) is 0 Å². The third-order valence-electron chi connectivity index (χ3n) is 12.9. The number of carbonyl (C=O) groups excluding carboxylic acids is 4. The molecule has 3 unspecified atom stereocenters. The van der Waals surface area contributed by atoms with Crippen LogP contribution in [0.25, 0.3) is 11.3 Å². The monoisotopic (exact) mass is 797 g/mol. The fourth-order valence-electron chi connectivity index (χ4n) is 9.11. The zero-order valence-electron chi connectivity index (χ0n) is 35.1. The number of methoxy groups -OCH3 is 1. The molecule has 3 aliphatic heterocycles. The van der Waals surface area contributed by atoms with Crippen molar-refractivity contribution in [3.05, 3.63) is 37.1 Å². The number of aryl methyl sites for hydroxylation is 1. The zero-order valence-corrected chi connectivity index (χ0v) is 35.1. The number of pyridine rings is 1. The Morgan fingerprint density at radius 3 is 2.37 bits per heavy atom. The van der Waals surface area contributed by atoms with Gasteiger partial charge in [0.1, 0.15) is 23.9 Å². The van der Waals surface area contributed by atoms with Gasteiger partial charge >= 0.3 is 12.1 Å². The number of ether oxygens (including phenoxy) is 5. The highest BCUT2D eigenvalue weighted by Gasteiger charge is 2.60. The summed E-state index contributed by atoms with van der Waals surface area (Å²) in [5, 5.41) is 11.2. The molecule has 57 heavy (non-hydrogen) atoms. The van der Waals surface area contributed by atoms with E-state index < -0.39 is 89.4 Å². The van der Waals surface area contributed by atoms with Crippen LogP contribution in [-0.4, -0.2) is 116 Å². The van der Waals surface area contributed by atoms with E-state index >= 15 is 0 Å². The van der Waals surface area contributed by atoms with Gasteiger partial charge in [-0.15, -0.1) is 0 Å².